The normalized spacial score (nSPS) is 19.8. The van der Waals surface area contributed by atoms with E-state index in [0.717, 1.165) is 18.3 Å². The highest BCUT2D eigenvalue weighted by molar-refractivity contribution is 5.94. The van der Waals surface area contributed by atoms with Gasteiger partial charge in [-0.15, -0.1) is 0 Å². The molecule has 150 valence electrons. The summed E-state index contributed by atoms with van der Waals surface area (Å²) in [5.41, 5.74) is -1.35. The van der Waals surface area contributed by atoms with E-state index < -0.39 is 29.1 Å². The van der Waals surface area contributed by atoms with Crippen molar-refractivity contribution in [1.82, 2.24) is 15.3 Å². The summed E-state index contributed by atoms with van der Waals surface area (Å²) in [7, 11) is 0. The van der Waals surface area contributed by atoms with Crippen LogP contribution in [-0.4, -0.2) is 33.1 Å². The predicted molar refractivity (Wildman–Crippen MR) is 92.1 cm³/mol. The molecule has 1 aliphatic carbocycles. The van der Waals surface area contributed by atoms with Crippen molar-refractivity contribution in [3.63, 3.8) is 0 Å². The van der Waals surface area contributed by atoms with Gasteiger partial charge in [-0.1, -0.05) is 0 Å². The average molecular weight is 397 g/mol. The molecule has 1 fully saturated rings. The van der Waals surface area contributed by atoms with Crippen molar-refractivity contribution in [2.45, 2.75) is 44.0 Å². The predicted octanol–water partition coefficient (Wildman–Crippen LogP) is 2.61. The van der Waals surface area contributed by atoms with E-state index in [1.807, 2.05) is 0 Å². The van der Waals surface area contributed by atoms with Gasteiger partial charge < -0.3 is 15.2 Å². The number of aromatic amines is 1. The fourth-order valence-corrected chi connectivity index (χ4v) is 3.04. The molecule has 7 nitrogen and oxygen atoms in total. The van der Waals surface area contributed by atoms with Gasteiger partial charge in [-0.3, -0.25) is 14.6 Å². The zero-order chi connectivity index (χ0) is 20.3. The molecule has 0 radical (unpaired) electrons. The summed E-state index contributed by atoms with van der Waals surface area (Å²) in [6.07, 6.45) is -1.53. The molecule has 2 aromatic rings. The van der Waals surface area contributed by atoms with E-state index in [9.17, 15) is 27.9 Å². The summed E-state index contributed by atoms with van der Waals surface area (Å²) in [5, 5.41) is 12.2. The molecule has 2 heterocycles. The van der Waals surface area contributed by atoms with E-state index in [2.05, 4.69) is 15.3 Å². The molecule has 1 amide bonds. The molecular weight excluding hydrogens is 379 g/mol. The second-order valence-corrected chi connectivity index (χ2v) is 6.57. The van der Waals surface area contributed by atoms with Crippen LogP contribution in [0.25, 0.3) is 0 Å². The van der Waals surface area contributed by atoms with Gasteiger partial charge in [0.2, 0.25) is 5.88 Å². The Morgan fingerprint density at radius 1 is 1.21 bits per heavy atom. The molecule has 0 saturated heterocycles. The summed E-state index contributed by atoms with van der Waals surface area (Å²) in [6.45, 7) is 0. The first-order chi connectivity index (χ1) is 13.2. The van der Waals surface area contributed by atoms with Gasteiger partial charge in [0, 0.05) is 30.4 Å². The highest BCUT2D eigenvalue weighted by atomic mass is 19.4. The number of aromatic nitrogens is 2. The van der Waals surface area contributed by atoms with Crippen molar-refractivity contribution in [3.05, 3.63) is 51.9 Å². The lowest BCUT2D eigenvalue weighted by atomic mass is 9.92. The fraction of sp³-hybridized carbons (Fsp3) is 0.389. The second-order valence-electron chi connectivity index (χ2n) is 6.57. The van der Waals surface area contributed by atoms with Gasteiger partial charge in [0.25, 0.3) is 11.5 Å². The smallest absolute Gasteiger partial charge is 0.417 e. The molecule has 0 aromatic carbocycles. The molecule has 1 aliphatic rings. The zero-order valence-corrected chi connectivity index (χ0v) is 14.6. The molecule has 3 rings (SSSR count). The Bertz CT molecular complexity index is 888. The van der Waals surface area contributed by atoms with Crippen molar-refractivity contribution in [2.24, 2.45) is 0 Å². The molecular formula is C18H18F3N3O4. The maximum Gasteiger partial charge on any atom is 0.417 e. The van der Waals surface area contributed by atoms with Gasteiger partial charge >= 0.3 is 6.18 Å². The number of amides is 1. The molecule has 28 heavy (non-hydrogen) atoms. The zero-order valence-electron chi connectivity index (χ0n) is 14.6. The quantitative estimate of drug-likeness (QED) is 0.736. The number of alkyl halides is 3. The Labute approximate surface area is 157 Å². The lowest BCUT2D eigenvalue weighted by molar-refractivity contribution is -0.137. The number of nitrogens with zero attached hydrogens (tertiary/aromatic N) is 1. The van der Waals surface area contributed by atoms with Crippen LogP contribution in [-0.2, 0) is 6.18 Å². The van der Waals surface area contributed by atoms with E-state index >= 15 is 0 Å². The first-order valence-electron chi connectivity index (χ1n) is 8.65. The second kappa shape index (κ2) is 7.91. The number of hydrogen-bond donors (Lipinski definition) is 3. The van der Waals surface area contributed by atoms with E-state index in [0.29, 0.717) is 25.7 Å². The molecule has 0 atom stereocenters. The van der Waals surface area contributed by atoms with E-state index in [-0.39, 0.29) is 23.6 Å². The fourth-order valence-electron chi connectivity index (χ4n) is 3.04. The van der Waals surface area contributed by atoms with Gasteiger partial charge in [-0.05, 0) is 31.7 Å². The van der Waals surface area contributed by atoms with Crippen LogP contribution < -0.4 is 15.6 Å². The number of pyridine rings is 2. The molecule has 1 saturated carbocycles. The van der Waals surface area contributed by atoms with Gasteiger partial charge in [-0.25, -0.2) is 4.98 Å². The number of carbonyl (C=O) groups excluding carboxylic acids is 1. The molecule has 2 aromatic heterocycles. The highest BCUT2D eigenvalue weighted by Gasteiger charge is 2.31. The third-order valence-corrected chi connectivity index (χ3v) is 4.45. The van der Waals surface area contributed by atoms with Gasteiger partial charge in [0.15, 0.2) is 5.88 Å². The minimum Gasteiger partial charge on any atom is -0.494 e. The van der Waals surface area contributed by atoms with Crippen LogP contribution in [0, 0.1) is 0 Å². The van der Waals surface area contributed by atoms with Crippen LogP contribution in [0.15, 0.2) is 35.3 Å². The molecule has 0 spiro atoms. The van der Waals surface area contributed by atoms with E-state index in [4.69, 9.17) is 4.74 Å². The monoisotopic (exact) mass is 397 g/mol. The Morgan fingerprint density at radius 2 is 1.93 bits per heavy atom. The van der Waals surface area contributed by atoms with Crippen LogP contribution in [0.1, 0.15) is 41.6 Å². The lowest BCUT2D eigenvalue weighted by Gasteiger charge is -2.29. The third kappa shape index (κ3) is 5.02. The van der Waals surface area contributed by atoms with Crippen molar-refractivity contribution in [1.29, 1.82) is 0 Å². The summed E-state index contributed by atoms with van der Waals surface area (Å²) in [6, 6.07) is 4.25. The molecule has 3 N–H and O–H groups in total. The average Bonchev–Trinajstić information content (AvgIpc) is 2.62. The number of H-pyrrole nitrogens is 1. The maximum absolute atomic E-state index is 12.5. The van der Waals surface area contributed by atoms with Crippen LogP contribution in [0.2, 0.25) is 0 Å². The Balaban J connectivity index is 1.50. The molecule has 0 aliphatic heterocycles. The largest absolute Gasteiger partial charge is 0.494 e. The van der Waals surface area contributed by atoms with Crippen LogP contribution in [0.5, 0.6) is 11.8 Å². The van der Waals surface area contributed by atoms with Crippen molar-refractivity contribution in [2.75, 3.05) is 0 Å². The number of rotatable bonds is 4. The lowest BCUT2D eigenvalue weighted by Crippen LogP contribution is -2.40. The number of carbonyl (C=O) groups is 1. The number of ether oxygens (including phenoxy) is 1. The Hall–Kier alpha value is -3.04. The van der Waals surface area contributed by atoms with Gasteiger partial charge in [0.05, 0.1) is 11.1 Å². The first-order valence-corrected chi connectivity index (χ1v) is 8.65. The summed E-state index contributed by atoms with van der Waals surface area (Å²) >= 11 is 0. The summed E-state index contributed by atoms with van der Waals surface area (Å²) in [5.74, 6) is -0.728. The Kier molecular flexibility index (Phi) is 5.57. The van der Waals surface area contributed by atoms with Crippen molar-refractivity contribution < 1.29 is 27.8 Å². The third-order valence-electron chi connectivity index (χ3n) is 4.45. The van der Waals surface area contributed by atoms with Crippen LogP contribution in [0.3, 0.4) is 0 Å². The van der Waals surface area contributed by atoms with Crippen molar-refractivity contribution in [3.8, 4) is 11.8 Å². The van der Waals surface area contributed by atoms with Gasteiger partial charge in [-0.2, -0.15) is 13.2 Å². The SMILES string of the molecule is O=C(NC1CCC(Oc2ccc(C(F)(F)F)cn2)CC1)c1cc(O)[nH]c(=O)c1. The van der Waals surface area contributed by atoms with Crippen LogP contribution >= 0.6 is 0 Å². The number of halogens is 3. The first kappa shape index (κ1) is 19.7. The topological polar surface area (TPSA) is 104 Å². The minimum absolute atomic E-state index is 0.0635. The summed E-state index contributed by atoms with van der Waals surface area (Å²) in [4.78, 5) is 29.4. The molecule has 0 bridgehead atoms. The van der Waals surface area contributed by atoms with E-state index in [1.165, 1.54) is 12.1 Å². The van der Waals surface area contributed by atoms with E-state index in [1.54, 1.807) is 0 Å². The minimum atomic E-state index is -4.44. The number of hydrogen-bond acceptors (Lipinski definition) is 5. The molecule has 0 unspecified atom stereocenters. The summed E-state index contributed by atoms with van der Waals surface area (Å²) < 4.78 is 43.3. The standard InChI is InChI=1S/C18H18F3N3O4/c19-18(20,21)11-1-6-16(22-9-11)28-13-4-2-12(3-5-13)23-17(27)10-7-14(25)24-15(26)8-10/h1,6-9,12-13H,2-5H2,(H,23,27)(H2,24,25,26). The molecule has 10 heteroatoms. The Morgan fingerprint density at radius 3 is 2.50 bits per heavy atom. The van der Waals surface area contributed by atoms with Crippen molar-refractivity contribution >= 4 is 5.91 Å². The maximum atomic E-state index is 12.5. The highest BCUT2D eigenvalue weighted by Crippen LogP contribution is 2.30. The number of nitrogens with one attached hydrogen (secondary N) is 2. The number of aromatic hydroxyl groups is 1. The van der Waals surface area contributed by atoms with Gasteiger partial charge in [0.1, 0.15) is 6.10 Å². The van der Waals surface area contributed by atoms with Crippen LogP contribution in [0.4, 0.5) is 13.2 Å².